The van der Waals surface area contributed by atoms with Crippen LogP contribution in [0.15, 0.2) is 36.8 Å². The number of H-pyrrole nitrogens is 1. The number of hydrogen-bond acceptors (Lipinski definition) is 5. The van der Waals surface area contributed by atoms with Gasteiger partial charge in [0.05, 0.1) is 23.0 Å². The van der Waals surface area contributed by atoms with E-state index in [1.165, 1.54) is 0 Å². The predicted molar refractivity (Wildman–Crippen MR) is 114 cm³/mol. The molecule has 156 valence electrons. The minimum Gasteiger partial charge on any atom is -0.465 e. The molecule has 2 amide bonds. The Morgan fingerprint density at radius 2 is 1.90 bits per heavy atom. The fourth-order valence-electron chi connectivity index (χ4n) is 3.69. The third kappa shape index (κ3) is 4.05. The molecule has 9 heteroatoms. The van der Waals surface area contributed by atoms with Gasteiger partial charge in [0, 0.05) is 41.5 Å². The number of aromatic amines is 1. The standard InChI is InChI=1S/C21H24N6O3/c1-11(2)25-19-16-5-12(13-8-23-24-9-13)3-4-18(16)22-10-17(19)20(28)26-14-6-15(7-14)27-21(29)30/h3-5,8-11,14-15,27H,6-7H2,1-2H3,(H,22,25)(H,23,24)(H,26,28)(H,29,30). The summed E-state index contributed by atoms with van der Waals surface area (Å²) in [5.74, 6) is -0.222. The van der Waals surface area contributed by atoms with Gasteiger partial charge in [-0.05, 0) is 44.4 Å². The van der Waals surface area contributed by atoms with E-state index in [9.17, 15) is 9.59 Å². The topological polar surface area (TPSA) is 132 Å². The number of fused-ring (bicyclic) bond motifs is 1. The van der Waals surface area contributed by atoms with Crippen molar-refractivity contribution >= 4 is 28.6 Å². The molecule has 5 N–H and O–H groups in total. The Bertz CT molecular complexity index is 1070. The number of anilines is 1. The van der Waals surface area contributed by atoms with Crippen molar-refractivity contribution < 1.29 is 14.7 Å². The number of benzene rings is 1. The summed E-state index contributed by atoms with van der Waals surface area (Å²) in [5.41, 5.74) is 3.92. The van der Waals surface area contributed by atoms with Crippen LogP contribution in [0.1, 0.15) is 37.0 Å². The van der Waals surface area contributed by atoms with Crippen LogP contribution in [-0.4, -0.2) is 50.4 Å². The molecule has 1 aliphatic rings. The Kier molecular flexibility index (Phi) is 5.26. The van der Waals surface area contributed by atoms with Gasteiger partial charge in [0.2, 0.25) is 0 Å². The first-order valence-corrected chi connectivity index (χ1v) is 9.89. The highest BCUT2D eigenvalue weighted by molar-refractivity contribution is 6.08. The van der Waals surface area contributed by atoms with Crippen LogP contribution in [0.4, 0.5) is 10.5 Å². The number of carbonyl (C=O) groups is 2. The average Bonchev–Trinajstić information content (AvgIpc) is 3.20. The molecule has 2 aromatic heterocycles. The lowest BCUT2D eigenvalue weighted by Gasteiger charge is -2.35. The molecule has 0 saturated heterocycles. The summed E-state index contributed by atoms with van der Waals surface area (Å²) >= 11 is 0. The van der Waals surface area contributed by atoms with Gasteiger partial charge in [-0.2, -0.15) is 5.10 Å². The summed E-state index contributed by atoms with van der Waals surface area (Å²) in [4.78, 5) is 28.2. The van der Waals surface area contributed by atoms with Crippen molar-refractivity contribution in [1.82, 2.24) is 25.8 Å². The smallest absolute Gasteiger partial charge is 0.404 e. The predicted octanol–water partition coefficient (Wildman–Crippen LogP) is 2.97. The minimum atomic E-state index is -1.04. The van der Waals surface area contributed by atoms with E-state index in [-0.39, 0.29) is 24.0 Å². The lowest BCUT2D eigenvalue weighted by Crippen LogP contribution is -2.53. The fraction of sp³-hybridized carbons (Fsp3) is 0.333. The van der Waals surface area contributed by atoms with Crippen LogP contribution >= 0.6 is 0 Å². The number of hydrogen-bond donors (Lipinski definition) is 5. The summed E-state index contributed by atoms with van der Waals surface area (Å²) in [7, 11) is 0. The van der Waals surface area contributed by atoms with Crippen molar-refractivity contribution in [3.8, 4) is 11.1 Å². The Balaban J connectivity index is 1.63. The summed E-state index contributed by atoms with van der Waals surface area (Å²) in [6.45, 7) is 4.03. The lowest BCUT2D eigenvalue weighted by atomic mass is 9.86. The molecule has 0 atom stereocenters. The first-order valence-electron chi connectivity index (χ1n) is 9.89. The molecule has 2 heterocycles. The summed E-state index contributed by atoms with van der Waals surface area (Å²) < 4.78 is 0. The highest BCUT2D eigenvalue weighted by Crippen LogP contribution is 2.31. The molecule has 30 heavy (non-hydrogen) atoms. The highest BCUT2D eigenvalue weighted by atomic mass is 16.4. The van der Waals surface area contributed by atoms with Crippen LogP contribution in [0.25, 0.3) is 22.0 Å². The zero-order chi connectivity index (χ0) is 21.3. The first kappa shape index (κ1) is 19.7. The maximum Gasteiger partial charge on any atom is 0.404 e. The average molecular weight is 408 g/mol. The van der Waals surface area contributed by atoms with Crippen LogP contribution in [0, 0.1) is 0 Å². The number of rotatable bonds is 6. The van der Waals surface area contributed by atoms with E-state index >= 15 is 0 Å². The normalized spacial score (nSPS) is 18.1. The third-order valence-corrected chi connectivity index (χ3v) is 5.18. The van der Waals surface area contributed by atoms with E-state index in [0.29, 0.717) is 18.4 Å². The van der Waals surface area contributed by atoms with Gasteiger partial charge in [-0.15, -0.1) is 0 Å². The molecule has 1 aliphatic carbocycles. The number of nitrogens with zero attached hydrogens (tertiary/aromatic N) is 2. The van der Waals surface area contributed by atoms with Gasteiger partial charge in [-0.1, -0.05) is 6.07 Å². The summed E-state index contributed by atoms with van der Waals surface area (Å²) in [5, 5.41) is 25.3. The lowest BCUT2D eigenvalue weighted by molar-refractivity contribution is 0.0903. The maximum absolute atomic E-state index is 13.0. The van der Waals surface area contributed by atoms with Crippen molar-refractivity contribution in [3.63, 3.8) is 0 Å². The number of pyridine rings is 1. The molecule has 0 bridgehead atoms. The van der Waals surface area contributed by atoms with E-state index < -0.39 is 6.09 Å². The van der Waals surface area contributed by atoms with Crippen LogP contribution in [0.3, 0.4) is 0 Å². The zero-order valence-electron chi connectivity index (χ0n) is 16.8. The van der Waals surface area contributed by atoms with Crippen molar-refractivity contribution in [1.29, 1.82) is 0 Å². The van der Waals surface area contributed by atoms with E-state index in [1.807, 2.05) is 38.2 Å². The Labute approximate surface area is 173 Å². The molecule has 4 rings (SSSR count). The van der Waals surface area contributed by atoms with E-state index in [2.05, 4.69) is 31.1 Å². The second-order valence-corrected chi connectivity index (χ2v) is 7.85. The largest absolute Gasteiger partial charge is 0.465 e. The minimum absolute atomic E-state index is 0.0609. The first-order chi connectivity index (χ1) is 14.4. The maximum atomic E-state index is 13.0. The van der Waals surface area contributed by atoms with Gasteiger partial charge in [0.1, 0.15) is 0 Å². The second-order valence-electron chi connectivity index (χ2n) is 7.85. The molecule has 1 fully saturated rings. The quantitative estimate of drug-likeness (QED) is 0.426. The van der Waals surface area contributed by atoms with Gasteiger partial charge in [0.25, 0.3) is 5.91 Å². The van der Waals surface area contributed by atoms with Crippen molar-refractivity contribution in [2.45, 2.75) is 44.8 Å². The Hall–Kier alpha value is -3.62. The molecule has 0 spiro atoms. The Morgan fingerprint density at radius 3 is 2.57 bits per heavy atom. The summed E-state index contributed by atoms with van der Waals surface area (Å²) in [6, 6.07) is 5.85. The molecular formula is C21H24N6O3. The van der Waals surface area contributed by atoms with Gasteiger partial charge in [-0.3, -0.25) is 14.9 Å². The number of amides is 2. The fourth-order valence-corrected chi connectivity index (χ4v) is 3.69. The highest BCUT2D eigenvalue weighted by Gasteiger charge is 2.32. The molecule has 0 unspecified atom stereocenters. The van der Waals surface area contributed by atoms with Crippen LogP contribution < -0.4 is 16.0 Å². The number of carboxylic acid groups (broad SMARTS) is 1. The van der Waals surface area contributed by atoms with Gasteiger partial charge >= 0.3 is 6.09 Å². The molecule has 1 saturated carbocycles. The van der Waals surface area contributed by atoms with Gasteiger partial charge in [0.15, 0.2) is 0 Å². The molecular weight excluding hydrogens is 384 g/mol. The van der Waals surface area contributed by atoms with E-state index in [0.717, 1.165) is 27.7 Å². The molecule has 1 aromatic carbocycles. The SMILES string of the molecule is CC(C)Nc1c(C(=O)NC2CC(NC(=O)O)C2)cnc2ccc(-c3cn[nH]c3)cc12. The molecule has 0 aliphatic heterocycles. The van der Waals surface area contributed by atoms with Crippen molar-refractivity contribution in [2.75, 3.05) is 5.32 Å². The zero-order valence-corrected chi connectivity index (χ0v) is 16.8. The van der Waals surface area contributed by atoms with E-state index in [4.69, 9.17) is 5.11 Å². The van der Waals surface area contributed by atoms with Crippen molar-refractivity contribution in [2.24, 2.45) is 0 Å². The number of carbonyl (C=O) groups excluding carboxylic acids is 1. The summed E-state index contributed by atoms with van der Waals surface area (Å²) in [6.07, 6.45) is 5.27. The molecule has 9 nitrogen and oxygen atoms in total. The van der Waals surface area contributed by atoms with Gasteiger partial charge < -0.3 is 21.1 Å². The molecule has 0 radical (unpaired) electrons. The van der Waals surface area contributed by atoms with Gasteiger partial charge in [-0.25, -0.2) is 4.79 Å². The monoisotopic (exact) mass is 408 g/mol. The van der Waals surface area contributed by atoms with Crippen LogP contribution in [-0.2, 0) is 0 Å². The third-order valence-electron chi connectivity index (χ3n) is 5.18. The van der Waals surface area contributed by atoms with Crippen molar-refractivity contribution in [3.05, 3.63) is 42.4 Å². The van der Waals surface area contributed by atoms with E-state index in [1.54, 1.807) is 12.4 Å². The number of aromatic nitrogens is 3. The Morgan fingerprint density at radius 1 is 1.13 bits per heavy atom. The molecule has 3 aromatic rings. The second kappa shape index (κ2) is 8.02. The number of nitrogens with one attached hydrogen (secondary N) is 4. The van der Waals surface area contributed by atoms with Crippen LogP contribution in [0.5, 0.6) is 0 Å². The van der Waals surface area contributed by atoms with Crippen LogP contribution in [0.2, 0.25) is 0 Å².